The number of H-pyrrole nitrogens is 1. The van der Waals surface area contributed by atoms with E-state index in [0.717, 1.165) is 49.0 Å². The molecule has 144 valence electrons. The van der Waals surface area contributed by atoms with E-state index < -0.39 is 5.91 Å². The first-order valence-electron chi connectivity index (χ1n) is 9.12. The molecule has 0 spiro atoms. The average molecular weight is 396 g/mol. The Labute approximate surface area is 167 Å². The van der Waals surface area contributed by atoms with Gasteiger partial charge in [-0.05, 0) is 18.2 Å². The molecule has 8 heteroatoms. The Morgan fingerprint density at radius 1 is 1.25 bits per heavy atom. The van der Waals surface area contributed by atoms with Gasteiger partial charge in [-0.3, -0.25) is 9.69 Å². The van der Waals surface area contributed by atoms with Crippen LogP contribution in [0.5, 0.6) is 0 Å². The van der Waals surface area contributed by atoms with Crippen LogP contribution in [0.25, 0.3) is 10.4 Å². The van der Waals surface area contributed by atoms with Crippen LogP contribution in [0.3, 0.4) is 0 Å². The van der Waals surface area contributed by atoms with Gasteiger partial charge >= 0.3 is 0 Å². The zero-order valence-electron chi connectivity index (χ0n) is 15.4. The molecule has 0 aromatic carbocycles. The number of ether oxygens (including phenoxy) is 1. The van der Waals surface area contributed by atoms with Crippen LogP contribution >= 0.6 is 11.3 Å². The van der Waals surface area contributed by atoms with Gasteiger partial charge in [0, 0.05) is 42.2 Å². The lowest BCUT2D eigenvalue weighted by molar-refractivity contribution is -0.377. The maximum atomic E-state index is 11.9. The Balaban J connectivity index is 1.56. The first kappa shape index (κ1) is 18.5. The van der Waals surface area contributed by atoms with Gasteiger partial charge in [-0.2, -0.15) is 0 Å². The largest absolute Gasteiger partial charge is 0.379 e. The quantitative estimate of drug-likeness (QED) is 0.667. The van der Waals surface area contributed by atoms with Crippen molar-refractivity contribution >= 4 is 28.1 Å². The molecular weight excluding hydrogens is 374 g/mol. The summed E-state index contributed by atoms with van der Waals surface area (Å²) >= 11 is 1.48. The minimum Gasteiger partial charge on any atom is -0.379 e. The van der Waals surface area contributed by atoms with Gasteiger partial charge in [-0.15, -0.1) is 11.3 Å². The predicted molar refractivity (Wildman–Crippen MR) is 108 cm³/mol. The normalized spacial score (nSPS) is 14.7. The van der Waals surface area contributed by atoms with E-state index in [4.69, 9.17) is 15.5 Å². The Morgan fingerprint density at radius 2 is 2.04 bits per heavy atom. The number of anilines is 2. The second-order valence-electron chi connectivity index (χ2n) is 6.53. The molecule has 0 atom stereocenters. The number of aromatic amines is 1. The van der Waals surface area contributed by atoms with Gasteiger partial charge in [0.1, 0.15) is 10.8 Å². The average Bonchev–Trinajstić information content (AvgIpc) is 3.14. The summed E-state index contributed by atoms with van der Waals surface area (Å²) in [5.41, 5.74) is 8.06. The molecule has 4 heterocycles. The van der Waals surface area contributed by atoms with Crippen molar-refractivity contribution in [2.75, 3.05) is 31.6 Å². The lowest BCUT2D eigenvalue weighted by Crippen LogP contribution is -2.35. The number of nitrogens with zero attached hydrogens (tertiary/aromatic N) is 2. The summed E-state index contributed by atoms with van der Waals surface area (Å²) < 4.78 is 5.40. The van der Waals surface area contributed by atoms with Crippen molar-refractivity contribution in [2.24, 2.45) is 5.73 Å². The van der Waals surface area contributed by atoms with Crippen LogP contribution in [-0.2, 0) is 11.3 Å². The molecule has 1 amide bonds. The molecule has 28 heavy (non-hydrogen) atoms. The number of amides is 1. The molecule has 1 fully saturated rings. The van der Waals surface area contributed by atoms with Crippen LogP contribution in [0, 0.1) is 0 Å². The Morgan fingerprint density at radius 3 is 2.79 bits per heavy atom. The summed E-state index contributed by atoms with van der Waals surface area (Å²) in [5, 5.41) is 3.98. The Kier molecular flexibility index (Phi) is 5.61. The molecule has 1 saturated heterocycles. The lowest BCUT2D eigenvalue weighted by Gasteiger charge is -2.26. The molecule has 0 aliphatic carbocycles. The minimum atomic E-state index is -0.461. The molecule has 0 radical (unpaired) electrons. The zero-order chi connectivity index (χ0) is 19.3. The standard InChI is InChI=1S/C20H21N5O2S/c21-19(26)16-12-17(14-4-6-22-7-5-14)28-20(16)24-18-3-1-2-15(23-18)13-25-8-10-27-11-9-25/h1-7,12H,8-11,13H2,(H2,21,26)(H,23,24)/p+1. The van der Waals surface area contributed by atoms with Crippen LogP contribution in [0.4, 0.5) is 10.8 Å². The number of pyridine rings is 2. The molecule has 1 aliphatic rings. The van der Waals surface area contributed by atoms with Crippen LogP contribution in [-0.4, -0.2) is 42.1 Å². The monoisotopic (exact) mass is 396 g/mol. The number of nitrogens with one attached hydrogen (secondary N) is 2. The highest BCUT2D eigenvalue weighted by Gasteiger charge is 2.16. The number of primary amides is 1. The number of carbonyl (C=O) groups excluding carboxylic acids is 1. The molecule has 3 aromatic rings. The van der Waals surface area contributed by atoms with Crippen molar-refractivity contribution in [3.05, 3.63) is 60.0 Å². The van der Waals surface area contributed by atoms with E-state index in [9.17, 15) is 4.79 Å². The van der Waals surface area contributed by atoms with E-state index in [1.54, 1.807) is 0 Å². The van der Waals surface area contributed by atoms with Crippen molar-refractivity contribution in [2.45, 2.75) is 6.54 Å². The summed E-state index contributed by atoms with van der Waals surface area (Å²) in [7, 11) is 0. The Hall–Kier alpha value is -2.81. The fourth-order valence-electron chi connectivity index (χ4n) is 3.10. The Bertz CT molecular complexity index is 954. The number of carbonyl (C=O) groups is 1. The number of thiophene rings is 1. The van der Waals surface area contributed by atoms with Gasteiger partial charge in [0.25, 0.3) is 5.91 Å². The van der Waals surface area contributed by atoms with Gasteiger partial charge in [0.15, 0.2) is 12.4 Å². The molecule has 0 saturated carbocycles. The predicted octanol–water partition coefficient (Wildman–Crippen LogP) is 2.30. The maximum Gasteiger partial charge on any atom is 0.251 e. The van der Waals surface area contributed by atoms with Crippen molar-refractivity contribution in [3.63, 3.8) is 0 Å². The van der Waals surface area contributed by atoms with Crippen LogP contribution in [0.15, 0.2) is 48.8 Å². The number of hydrogen-bond donors (Lipinski definition) is 2. The minimum absolute atomic E-state index is 0.461. The highest BCUT2D eigenvalue weighted by Crippen LogP contribution is 2.36. The summed E-state index contributed by atoms with van der Waals surface area (Å²) in [6, 6.07) is 11.6. The van der Waals surface area contributed by atoms with Gasteiger partial charge < -0.3 is 15.8 Å². The van der Waals surface area contributed by atoms with Crippen LogP contribution in [0.1, 0.15) is 16.1 Å². The number of nitrogens with two attached hydrogens (primary N) is 1. The fourth-order valence-corrected chi connectivity index (χ4v) is 4.18. The molecule has 4 N–H and O–H groups in total. The van der Waals surface area contributed by atoms with Crippen molar-refractivity contribution in [1.29, 1.82) is 0 Å². The van der Waals surface area contributed by atoms with Gasteiger partial charge in [-0.25, -0.2) is 9.97 Å². The van der Waals surface area contributed by atoms with Crippen molar-refractivity contribution in [3.8, 4) is 10.4 Å². The number of aromatic nitrogens is 2. The zero-order valence-corrected chi connectivity index (χ0v) is 16.2. The highest BCUT2D eigenvalue weighted by atomic mass is 32.1. The fraction of sp³-hybridized carbons (Fsp3) is 0.250. The van der Waals surface area contributed by atoms with E-state index in [-0.39, 0.29) is 0 Å². The highest BCUT2D eigenvalue weighted by molar-refractivity contribution is 7.19. The summed E-state index contributed by atoms with van der Waals surface area (Å²) in [4.78, 5) is 22.9. The number of rotatable bonds is 6. The summed E-state index contributed by atoms with van der Waals surface area (Å²) in [6.07, 6.45) is 3.70. The second kappa shape index (κ2) is 8.47. The number of hydrogen-bond acceptors (Lipinski definition) is 6. The molecule has 1 aliphatic heterocycles. The van der Waals surface area contributed by atoms with E-state index >= 15 is 0 Å². The molecule has 7 nitrogen and oxygen atoms in total. The summed E-state index contributed by atoms with van der Waals surface area (Å²) in [5.74, 6) is 0.236. The smallest absolute Gasteiger partial charge is 0.251 e. The van der Waals surface area contributed by atoms with E-state index in [0.29, 0.717) is 16.4 Å². The third-order valence-electron chi connectivity index (χ3n) is 4.54. The molecular formula is C20H22N5O2S+. The third-order valence-corrected chi connectivity index (χ3v) is 5.64. The molecule has 0 bridgehead atoms. The van der Waals surface area contributed by atoms with Gasteiger partial charge in [-0.1, -0.05) is 6.07 Å². The molecule has 4 rings (SSSR count). The van der Waals surface area contributed by atoms with E-state index in [2.05, 4.69) is 15.2 Å². The first-order valence-corrected chi connectivity index (χ1v) is 9.94. The topological polar surface area (TPSA) is 94.6 Å². The van der Waals surface area contributed by atoms with E-state index in [1.807, 2.05) is 48.8 Å². The van der Waals surface area contributed by atoms with E-state index in [1.165, 1.54) is 11.3 Å². The SMILES string of the molecule is NC(=O)c1cc(-c2cc[nH+]cc2)sc1Nc1cccc(CN2CCOCC2)n1. The first-order chi connectivity index (χ1) is 13.7. The maximum absolute atomic E-state index is 11.9. The number of morpholine rings is 1. The molecule has 0 unspecified atom stereocenters. The van der Waals surface area contributed by atoms with Crippen molar-refractivity contribution < 1.29 is 14.5 Å². The summed E-state index contributed by atoms with van der Waals surface area (Å²) in [6.45, 7) is 4.12. The second-order valence-corrected chi connectivity index (χ2v) is 7.59. The lowest BCUT2D eigenvalue weighted by atomic mass is 10.2. The van der Waals surface area contributed by atoms with Gasteiger partial charge in [0.2, 0.25) is 0 Å². The van der Waals surface area contributed by atoms with Crippen molar-refractivity contribution in [1.82, 2.24) is 9.88 Å². The van der Waals surface area contributed by atoms with Crippen LogP contribution < -0.4 is 16.0 Å². The van der Waals surface area contributed by atoms with Gasteiger partial charge in [0.05, 0.1) is 24.5 Å². The third kappa shape index (κ3) is 4.36. The van der Waals surface area contributed by atoms with Crippen LogP contribution in [0.2, 0.25) is 0 Å². The molecule has 3 aromatic heterocycles.